The van der Waals surface area contributed by atoms with Gasteiger partial charge >= 0.3 is 6.03 Å². The Bertz CT molecular complexity index is 700. The van der Waals surface area contributed by atoms with Gasteiger partial charge in [0.2, 0.25) is 0 Å². The average molecular weight is 340 g/mol. The zero-order chi connectivity index (χ0) is 17.5. The van der Waals surface area contributed by atoms with E-state index in [9.17, 15) is 4.79 Å². The number of carbonyl (C=O) groups is 1. The third kappa shape index (κ3) is 4.89. The van der Waals surface area contributed by atoms with Crippen molar-refractivity contribution in [3.05, 3.63) is 59.7 Å². The Kier molecular flexibility index (Phi) is 5.77. The van der Waals surface area contributed by atoms with Gasteiger partial charge in [-0.3, -0.25) is 0 Å². The lowest BCUT2D eigenvalue weighted by Gasteiger charge is -2.26. The van der Waals surface area contributed by atoms with Crippen molar-refractivity contribution < 1.29 is 14.3 Å². The van der Waals surface area contributed by atoms with Gasteiger partial charge in [-0.2, -0.15) is 0 Å². The number of rotatable bonds is 6. The summed E-state index contributed by atoms with van der Waals surface area (Å²) in [4.78, 5) is 12.1. The monoisotopic (exact) mass is 340 g/mol. The maximum atomic E-state index is 12.1. The quantitative estimate of drug-likeness (QED) is 0.848. The molecule has 132 valence electrons. The highest BCUT2D eigenvalue weighted by Crippen LogP contribution is 2.23. The Morgan fingerprint density at radius 2 is 2.00 bits per heavy atom. The summed E-state index contributed by atoms with van der Waals surface area (Å²) in [5, 5.41) is 5.86. The van der Waals surface area contributed by atoms with Crippen molar-refractivity contribution in [2.45, 2.75) is 32.4 Å². The Morgan fingerprint density at radius 3 is 2.80 bits per heavy atom. The Labute approximate surface area is 148 Å². The van der Waals surface area contributed by atoms with Gasteiger partial charge < -0.3 is 20.1 Å². The Balaban J connectivity index is 1.44. The number of urea groups is 1. The second kappa shape index (κ2) is 8.42. The van der Waals surface area contributed by atoms with Crippen molar-refractivity contribution in [2.75, 3.05) is 13.2 Å². The molecule has 1 aliphatic rings. The van der Waals surface area contributed by atoms with Crippen LogP contribution in [0.2, 0.25) is 0 Å². The largest absolute Gasteiger partial charge is 0.494 e. The molecule has 0 saturated heterocycles. The van der Waals surface area contributed by atoms with Crippen molar-refractivity contribution >= 4 is 6.03 Å². The lowest BCUT2D eigenvalue weighted by molar-refractivity contribution is 0.214. The molecule has 3 rings (SSSR count). The fourth-order valence-corrected chi connectivity index (χ4v) is 2.76. The molecule has 5 heteroatoms. The van der Waals surface area contributed by atoms with Crippen LogP contribution in [0.1, 0.15) is 24.5 Å². The van der Waals surface area contributed by atoms with Crippen LogP contribution >= 0.6 is 0 Å². The average Bonchev–Trinajstić information content (AvgIpc) is 2.65. The first kappa shape index (κ1) is 17.1. The molecule has 0 radical (unpaired) electrons. The number of hydrogen-bond acceptors (Lipinski definition) is 3. The summed E-state index contributed by atoms with van der Waals surface area (Å²) < 4.78 is 11.2. The van der Waals surface area contributed by atoms with Crippen LogP contribution in [0.5, 0.6) is 11.5 Å². The van der Waals surface area contributed by atoms with Gasteiger partial charge in [0.25, 0.3) is 0 Å². The van der Waals surface area contributed by atoms with Crippen molar-refractivity contribution in [1.29, 1.82) is 0 Å². The smallest absolute Gasteiger partial charge is 0.315 e. The molecule has 2 amide bonds. The minimum absolute atomic E-state index is 0.0141. The third-order valence-corrected chi connectivity index (χ3v) is 4.06. The van der Waals surface area contributed by atoms with Crippen molar-refractivity contribution in [1.82, 2.24) is 10.6 Å². The van der Waals surface area contributed by atoms with Gasteiger partial charge in [-0.25, -0.2) is 4.79 Å². The number of carbonyl (C=O) groups excluding carboxylic acids is 1. The highest BCUT2D eigenvalue weighted by molar-refractivity contribution is 5.74. The minimum Gasteiger partial charge on any atom is -0.494 e. The molecule has 0 aliphatic carbocycles. The molecule has 0 fully saturated rings. The van der Waals surface area contributed by atoms with Crippen molar-refractivity contribution in [3.63, 3.8) is 0 Å². The predicted molar refractivity (Wildman–Crippen MR) is 97.0 cm³/mol. The number of para-hydroxylation sites is 1. The van der Waals surface area contributed by atoms with E-state index in [1.54, 1.807) is 0 Å². The van der Waals surface area contributed by atoms with Crippen LogP contribution in [0, 0.1) is 0 Å². The van der Waals surface area contributed by atoms with Gasteiger partial charge in [-0.15, -0.1) is 0 Å². The molecule has 2 N–H and O–H groups in total. The lowest BCUT2D eigenvalue weighted by atomic mass is 10.0. The number of hydrogen-bond donors (Lipinski definition) is 2. The fourth-order valence-electron chi connectivity index (χ4n) is 2.76. The molecule has 0 saturated carbocycles. The predicted octanol–water partition coefficient (Wildman–Crippen LogP) is 3.28. The first-order valence-electron chi connectivity index (χ1n) is 8.71. The van der Waals surface area contributed by atoms with Crippen LogP contribution in [0.15, 0.2) is 48.5 Å². The van der Waals surface area contributed by atoms with Crippen LogP contribution in [0.3, 0.4) is 0 Å². The zero-order valence-corrected chi connectivity index (χ0v) is 14.5. The standard InChI is InChI=1S/C20H24N2O3/c1-2-11-24-18-9-7-15(8-10-18)13-21-20(23)22-17-12-16-5-3-4-6-19(16)25-14-17/h3-10,17H,2,11-14H2,1H3,(H2,21,22,23)/t17-/m0/s1. The number of nitrogens with one attached hydrogen (secondary N) is 2. The van der Waals surface area contributed by atoms with Crippen LogP contribution in [0.4, 0.5) is 4.79 Å². The summed E-state index contributed by atoms with van der Waals surface area (Å²) >= 11 is 0. The van der Waals surface area contributed by atoms with Gasteiger partial charge in [-0.05, 0) is 42.2 Å². The topological polar surface area (TPSA) is 59.6 Å². The Hall–Kier alpha value is -2.69. The third-order valence-electron chi connectivity index (χ3n) is 4.06. The summed E-state index contributed by atoms with van der Waals surface area (Å²) in [5.74, 6) is 1.76. The first-order chi connectivity index (χ1) is 12.2. The van der Waals surface area contributed by atoms with E-state index in [1.165, 1.54) is 0 Å². The summed E-state index contributed by atoms with van der Waals surface area (Å²) in [6.07, 6.45) is 1.77. The van der Waals surface area contributed by atoms with E-state index in [1.807, 2.05) is 48.5 Å². The zero-order valence-electron chi connectivity index (χ0n) is 14.5. The van der Waals surface area contributed by atoms with Crippen LogP contribution in [-0.4, -0.2) is 25.3 Å². The summed E-state index contributed by atoms with van der Waals surface area (Å²) in [7, 11) is 0. The second-order valence-electron chi connectivity index (χ2n) is 6.14. The summed E-state index contributed by atoms with van der Waals surface area (Å²) in [6, 6.07) is 15.5. The molecule has 0 aromatic heterocycles. The van der Waals surface area contributed by atoms with Crippen LogP contribution < -0.4 is 20.1 Å². The minimum atomic E-state index is -0.181. The van der Waals surface area contributed by atoms with Gasteiger partial charge in [0.05, 0.1) is 12.6 Å². The van der Waals surface area contributed by atoms with E-state index in [0.29, 0.717) is 19.8 Å². The molecule has 0 unspecified atom stereocenters. The van der Waals surface area contributed by atoms with Gasteiger partial charge in [0.15, 0.2) is 0 Å². The van der Waals surface area contributed by atoms with E-state index in [2.05, 4.69) is 17.6 Å². The number of benzene rings is 2. The first-order valence-corrected chi connectivity index (χ1v) is 8.71. The van der Waals surface area contributed by atoms with E-state index in [4.69, 9.17) is 9.47 Å². The lowest BCUT2D eigenvalue weighted by Crippen LogP contribution is -2.47. The molecular formula is C20H24N2O3. The molecule has 2 aromatic carbocycles. The second-order valence-corrected chi connectivity index (χ2v) is 6.14. The summed E-state index contributed by atoms with van der Waals surface area (Å²) in [6.45, 7) is 3.76. The van der Waals surface area contributed by atoms with E-state index >= 15 is 0 Å². The fraction of sp³-hybridized carbons (Fsp3) is 0.350. The highest BCUT2D eigenvalue weighted by Gasteiger charge is 2.20. The number of ether oxygens (including phenoxy) is 2. The molecule has 2 aromatic rings. The molecule has 1 atom stereocenters. The van der Waals surface area contributed by atoms with E-state index in [0.717, 1.165) is 35.5 Å². The Morgan fingerprint density at radius 1 is 1.20 bits per heavy atom. The molecule has 1 heterocycles. The molecule has 0 bridgehead atoms. The summed E-state index contributed by atoms with van der Waals surface area (Å²) in [5.41, 5.74) is 2.16. The van der Waals surface area contributed by atoms with Gasteiger partial charge in [-0.1, -0.05) is 37.3 Å². The van der Waals surface area contributed by atoms with E-state index in [-0.39, 0.29) is 12.1 Å². The highest BCUT2D eigenvalue weighted by atomic mass is 16.5. The molecule has 0 spiro atoms. The normalized spacial score (nSPS) is 15.6. The number of fused-ring (bicyclic) bond motifs is 1. The van der Waals surface area contributed by atoms with Crippen LogP contribution in [0.25, 0.3) is 0 Å². The van der Waals surface area contributed by atoms with E-state index < -0.39 is 0 Å². The molecule has 1 aliphatic heterocycles. The molecule has 25 heavy (non-hydrogen) atoms. The SMILES string of the molecule is CCCOc1ccc(CNC(=O)N[C@@H]2COc3ccccc3C2)cc1. The molecular weight excluding hydrogens is 316 g/mol. The maximum Gasteiger partial charge on any atom is 0.315 e. The molecule has 5 nitrogen and oxygen atoms in total. The number of amides is 2. The van der Waals surface area contributed by atoms with Gasteiger partial charge in [0, 0.05) is 6.54 Å². The maximum absolute atomic E-state index is 12.1. The van der Waals surface area contributed by atoms with Crippen molar-refractivity contribution in [3.8, 4) is 11.5 Å². The van der Waals surface area contributed by atoms with Crippen LogP contribution in [-0.2, 0) is 13.0 Å². The van der Waals surface area contributed by atoms with Crippen molar-refractivity contribution in [2.24, 2.45) is 0 Å². The van der Waals surface area contributed by atoms with Gasteiger partial charge in [0.1, 0.15) is 18.1 Å².